The van der Waals surface area contributed by atoms with Crippen molar-refractivity contribution in [1.29, 1.82) is 0 Å². The largest absolute Gasteiger partial charge is 0.484 e. The fourth-order valence-corrected chi connectivity index (χ4v) is 4.47. The molecule has 6 nitrogen and oxygen atoms in total. The first-order chi connectivity index (χ1) is 16.8. The van der Waals surface area contributed by atoms with Crippen molar-refractivity contribution >= 4 is 40.6 Å². The minimum absolute atomic E-state index is 0.121. The second kappa shape index (κ2) is 10.6. The van der Waals surface area contributed by atoms with E-state index in [1.165, 1.54) is 4.90 Å². The van der Waals surface area contributed by atoms with Crippen molar-refractivity contribution < 1.29 is 19.1 Å². The lowest BCUT2D eigenvalue weighted by Crippen LogP contribution is -2.27. The van der Waals surface area contributed by atoms with Gasteiger partial charge in [0.2, 0.25) is 0 Å². The van der Waals surface area contributed by atoms with Gasteiger partial charge in [-0.15, -0.1) is 0 Å². The van der Waals surface area contributed by atoms with Crippen molar-refractivity contribution in [2.45, 2.75) is 27.3 Å². The number of carbonyl (C=O) groups excluding carboxylic acids is 3. The first-order valence-corrected chi connectivity index (χ1v) is 12.0. The number of amides is 3. The third-order valence-electron chi connectivity index (χ3n) is 5.89. The van der Waals surface area contributed by atoms with Crippen LogP contribution in [0.25, 0.3) is 6.08 Å². The molecule has 0 atom stereocenters. The average Bonchev–Trinajstić information content (AvgIpc) is 3.10. The smallest absolute Gasteiger partial charge is 0.293 e. The van der Waals surface area contributed by atoms with Gasteiger partial charge in [0.15, 0.2) is 6.61 Å². The monoisotopic (exact) mass is 486 g/mol. The molecule has 4 rings (SSSR count). The van der Waals surface area contributed by atoms with E-state index in [-0.39, 0.29) is 30.2 Å². The third kappa shape index (κ3) is 5.81. The highest BCUT2D eigenvalue weighted by Crippen LogP contribution is 2.33. The number of benzene rings is 3. The normalized spacial score (nSPS) is 14.5. The standard InChI is InChI=1S/C28H26N2O4S/c1-18-8-6-10-24(20(18)3)29-26(31)17-34-23-13-11-21(12-14-23)15-25-27(32)30(28(33)35-25)16-22-9-5-4-7-19(22)2/h4-15H,16-17H2,1-3H3,(H,29,31)/b25-15-. The Morgan fingerprint density at radius 2 is 1.66 bits per heavy atom. The molecule has 0 radical (unpaired) electrons. The van der Waals surface area contributed by atoms with Crippen LogP contribution in [-0.4, -0.2) is 28.6 Å². The minimum atomic E-state index is -0.299. The van der Waals surface area contributed by atoms with Crippen molar-refractivity contribution in [3.63, 3.8) is 0 Å². The molecular weight excluding hydrogens is 460 g/mol. The molecule has 35 heavy (non-hydrogen) atoms. The molecule has 0 spiro atoms. The van der Waals surface area contributed by atoms with Crippen LogP contribution in [0.3, 0.4) is 0 Å². The predicted molar refractivity (Wildman–Crippen MR) is 139 cm³/mol. The molecule has 0 unspecified atom stereocenters. The van der Waals surface area contributed by atoms with Gasteiger partial charge in [-0.25, -0.2) is 0 Å². The van der Waals surface area contributed by atoms with Crippen molar-refractivity contribution in [3.8, 4) is 5.75 Å². The highest BCUT2D eigenvalue weighted by Gasteiger charge is 2.35. The summed E-state index contributed by atoms with van der Waals surface area (Å²) >= 11 is 0.937. The Labute approximate surface area is 209 Å². The molecule has 7 heteroatoms. The highest BCUT2D eigenvalue weighted by atomic mass is 32.2. The van der Waals surface area contributed by atoms with Crippen LogP contribution < -0.4 is 10.1 Å². The van der Waals surface area contributed by atoms with Crippen LogP contribution in [0.4, 0.5) is 10.5 Å². The van der Waals surface area contributed by atoms with E-state index >= 15 is 0 Å². The van der Waals surface area contributed by atoms with Crippen LogP contribution in [0.2, 0.25) is 0 Å². The zero-order valence-corrected chi connectivity index (χ0v) is 20.6. The maximum Gasteiger partial charge on any atom is 0.293 e. The first kappa shape index (κ1) is 24.3. The number of aryl methyl sites for hydroxylation is 2. The lowest BCUT2D eigenvalue weighted by atomic mass is 10.1. The van der Waals surface area contributed by atoms with Gasteiger partial charge < -0.3 is 10.1 Å². The number of anilines is 1. The van der Waals surface area contributed by atoms with Gasteiger partial charge in [0.05, 0.1) is 11.4 Å². The average molecular weight is 487 g/mol. The van der Waals surface area contributed by atoms with Gasteiger partial charge in [-0.1, -0.05) is 48.5 Å². The number of ether oxygens (including phenoxy) is 1. The lowest BCUT2D eigenvalue weighted by Gasteiger charge is -2.14. The van der Waals surface area contributed by atoms with E-state index in [2.05, 4.69) is 5.32 Å². The SMILES string of the molecule is Cc1ccccc1CN1C(=O)S/C(=C\c2ccc(OCC(=O)Nc3cccc(C)c3C)cc2)C1=O. The van der Waals surface area contributed by atoms with Crippen LogP contribution in [0, 0.1) is 20.8 Å². The fourth-order valence-electron chi connectivity index (χ4n) is 3.63. The number of nitrogens with one attached hydrogen (secondary N) is 1. The van der Waals surface area contributed by atoms with E-state index in [9.17, 15) is 14.4 Å². The number of hydrogen-bond acceptors (Lipinski definition) is 5. The zero-order valence-electron chi connectivity index (χ0n) is 19.8. The Hall–Kier alpha value is -3.84. The number of rotatable bonds is 7. The van der Waals surface area contributed by atoms with Gasteiger partial charge in [0, 0.05) is 5.69 Å². The molecule has 0 aromatic heterocycles. The molecule has 1 N–H and O–H groups in total. The molecule has 3 amide bonds. The van der Waals surface area contributed by atoms with Crippen LogP contribution in [0.5, 0.6) is 5.75 Å². The topological polar surface area (TPSA) is 75.7 Å². The van der Waals surface area contributed by atoms with Crippen LogP contribution in [0.1, 0.15) is 27.8 Å². The Bertz CT molecular complexity index is 1310. The summed E-state index contributed by atoms with van der Waals surface area (Å²) in [5.74, 6) is -0.0114. The van der Waals surface area contributed by atoms with Crippen molar-refractivity contribution in [2.24, 2.45) is 0 Å². The summed E-state index contributed by atoms with van der Waals surface area (Å²) in [4.78, 5) is 39.2. The molecule has 3 aromatic carbocycles. The van der Waals surface area contributed by atoms with Gasteiger partial charge in [0.25, 0.3) is 17.1 Å². The summed E-state index contributed by atoms with van der Waals surface area (Å²) in [5, 5.41) is 2.59. The summed E-state index contributed by atoms with van der Waals surface area (Å²) in [7, 11) is 0. The summed E-state index contributed by atoms with van der Waals surface area (Å²) in [6, 6.07) is 20.5. The molecule has 1 saturated heterocycles. The fraction of sp³-hybridized carbons (Fsp3) is 0.179. The Balaban J connectivity index is 1.35. The maximum absolute atomic E-state index is 12.8. The summed E-state index contributed by atoms with van der Waals surface area (Å²) in [5.41, 5.74) is 5.64. The number of nitrogens with zero attached hydrogens (tertiary/aromatic N) is 1. The summed E-state index contributed by atoms with van der Waals surface area (Å²) < 4.78 is 5.60. The van der Waals surface area contributed by atoms with E-state index in [0.717, 1.165) is 45.3 Å². The van der Waals surface area contributed by atoms with Crippen molar-refractivity contribution in [2.75, 3.05) is 11.9 Å². The quantitative estimate of drug-likeness (QED) is 0.423. The van der Waals surface area contributed by atoms with Crippen LogP contribution in [-0.2, 0) is 16.1 Å². The number of thioether (sulfide) groups is 1. The number of carbonyl (C=O) groups is 3. The van der Waals surface area contributed by atoms with Gasteiger partial charge in [-0.05, 0) is 84.6 Å². The molecule has 1 heterocycles. The van der Waals surface area contributed by atoms with Gasteiger partial charge >= 0.3 is 0 Å². The third-order valence-corrected chi connectivity index (χ3v) is 6.80. The molecule has 0 bridgehead atoms. The summed E-state index contributed by atoms with van der Waals surface area (Å²) in [6.07, 6.45) is 1.69. The maximum atomic E-state index is 12.8. The van der Waals surface area contributed by atoms with E-state index in [4.69, 9.17) is 4.74 Å². The Morgan fingerprint density at radius 1 is 0.943 bits per heavy atom. The Kier molecular flexibility index (Phi) is 7.36. The molecule has 1 aliphatic heterocycles. The lowest BCUT2D eigenvalue weighted by molar-refractivity contribution is -0.123. The highest BCUT2D eigenvalue weighted by molar-refractivity contribution is 8.18. The second-order valence-corrected chi connectivity index (χ2v) is 9.34. The van der Waals surface area contributed by atoms with E-state index in [1.807, 2.05) is 63.2 Å². The molecular formula is C28H26N2O4S. The summed E-state index contributed by atoms with van der Waals surface area (Å²) in [6.45, 7) is 6.05. The van der Waals surface area contributed by atoms with Gasteiger partial charge in [-0.3, -0.25) is 19.3 Å². The molecule has 1 aliphatic rings. The van der Waals surface area contributed by atoms with E-state index in [0.29, 0.717) is 10.7 Å². The minimum Gasteiger partial charge on any atom is -0.484 e. The molecule has 0 saturated carbocycles. The van der Waals surface area contributed by atoms with Crippen molar-refractivity contribution in [1.82, 2.24) is 4.90 Å². The second-order valence-electron chi connectivity index (χ2n) is 8.35. The van der Waals surface area contributed by atoms with E-state index in [1.54, 1.807) is 30.3 Å². The first-order valence-electron chi connectivity index (χ1n) is 11.2. The molecule has 3 aromatic rings. The van der Waals surface area contributed by atoms with E-state index < -0.39 is 0 Å². The molecule has 178 valence electrons. The number of imide groups is 1. The predicted octanol–water partition coefficient (Wildman–Crippen LogP) is 5.87. The molecule has 0 aliphatic carbocycles. The van der Waals surface area contributed by atoms with Gasteiger partial charge in [0.1, 0.15) is 5.75 Å². The number of hydrogen-bond donors (Lipinski definition) is 1. The molecule has 1 fully saturated rings. The van der Waals surface area contributed by atoms with Crippen molar-refractivity contribution in [3.05, 3.63) is 99.5 Å². The zero-order chi connectivity index (χ0) is 24.9. The van der Waals surface area contributed by atoms with Crippen LogP contribution >= 0.6 is 11.8 Å². The van der Waals surface area contributed by atoms with Gasteiger partial charge in [-0.2, -0.15) is 0 Å². The van der Waals surface area contributed by atoms with Crippen LogP contribution in [0.15, 0.2) is 71.6 Å². The Morgan fingerprint density at radius 3 is 2.40 bits per heavy atom.